The Kier molecular flexibility index (Phi) is 5.28. The molecule has 4 fully saturated rings. The highest BCUT2D eigenvalue weighted by Gasteiger charge is 2.33. The summed E-state index contributed by atoms with van der Waals surface area (Å²) in [4.78, 5) is 31.3. The van der Waals surface area contributed by atoms with Gasteiger partial charge in [-0.05, 0) is 62.9 Å². The standard InChI is InChI=1S/C28H31N7O2/c1-29-26-21-11-30-25(33-27(36)17-4-5-17)10-20(21)22(12-31-26)28-32-23-9-18(7-8-24(23)37-28)35-14-16-3-6-19(15-35)34(2)13-16/h7-12,16-17,19H,3-6,13-15H2,1-2H3,(H,29,31)(H,30,33,36). The molecule has 0 spiro atoms. The maximum absolute atomic E-state index is 12.3. The van der Waals surface area contributed by atoms with Crippen molar-refractivity contribution in [2.45, 2.75) is 31.7 Å². The summed E-state index contributed by atoms with van der Waals surface area (Å²) < 4.78 is 6.24. The average molecular weight is 498 g/mol. The number of nitrogens with zero attached hydrogens (tertiary/aromatic N) is 5. The van der Waals surface area contributed by atoms with E-state index >= 15 is 0 Å². The highest BCUT2D eigenvalue weighted by molar-refractivity contribution is 6.03. The number of rotatable bonds is 5. The maximum Gasteiger partial charge on any atom is 0.229 e. The minimum Gasteiger partial charge on any atom is -0.436 e. The third-order valence-electron chi connectivity index (χ3n) is 8.16. The van der Waals surface area contributed by atoms with Crippen molar-refractivity contribution in [3.63, 3.8) is 0 Å². The zero-order valence-electron chi connectivity index (χ0n) is 21.2. The molecule has 9 heteroatoms. The highest BCUT2D eigenvalue weighted by atomic mass is 16.3. The maximum atomic E-state index is 12.3. The van der Waals surface area contributed by atoms with Gasteiger partial charge in [0.05, 0.1) is 5.56 Å². The highest BCUT2D eigenvalue weighted by Crippen LogP contribution is 2.36. The Labute approximate surface area is 215 Å². The molecule has 2 N–H and O–H groups in total. The van der Waals surface area contributed by atoms with Gasteiger partial charge in [-0.3, -0.25) is 4.79 Å². The number of fused-ring (bicyclic) bond motifs is 6. The van der Waals surface area contributed by atoms with E-state index in [1.54, 1.807) is 12.4 Å². The zero-order valence-corrected chi connectivity index (χ0v) is 21.2. The van der Waals surface area contributed by atoms with E-state index in [-0.39, 0.29) is 11.8 Å². The summed E-state index contributed by atoms with van der Waals surface area (Å²) in [7, 11) is 4.08. The number of amides is 1. The van der Waals surface area contributed by atoms with Gasteiger partial charge in [0.1, 0.15) is 17.2 Å². The number of piperidine rings is 1. The topological polar surface area (TPSA) is 99.4 Å². The van der Waals surface area contributed by atoms with Gasteiger partial charge in [0.2, 0.25) is 11.8 Å². The van der Waals surface area contributed by atoms with Crippen molar-refractivity contribution < 1.29 is 9.21 Å². The van der Waals surface area contributed by atoms with Crippen LogP contribution in [-0.2, 0) is 4.79 Å². The van der Waals surface area contributed by atoms with E-state index in [4.69, 9.17) is 9.40 Å². The Morgan fingerprint density at radius 3 is 2.73 bits per heavy atom. The Morgan fingerprint density at radius 1 is 1.03 bits per heavy atom. The number of carbonyl (C=O) groups is 1. The molecule has 1 saturated carbocycles. The van der Waals surface area contributed by atoms with Crippen molar-refractivity contribution in [3.8, 4) is 11.5 Å². The van der Waals surface area contributed by atoms with E-state index in [1.165, 1.54) is 25.1 Å². The van der Waals surface area contributed by atoms with Crippen LogP contribution >= 0.6 is 0 Å². The second kappa shape index (κ2) is 8.69. The zero-order chi connectivity index (χ0) is 25.1. The summed E-state index contributed by atoms with van der Waals surface area (Å²) in [5, 5.41) is 7.80. The lowest BCUT2D eigenvalue weighted by Gasteiger charge is -2.32. The number of anilines is 3. The van der Waals surface area contributed by atoms with Gasteiger partial charge in [0.25, 0.3) is 0 Å². The molecule has 37 heavy (non-hydrogen) atoms. The van der Waals surface area contributed by atoms with E-state index in [0.717, 1.165) is 53.4 Å². The van der Waals surface area contributed by atoms with Crippen molar-refractivity contribution in [1.82, 2.24) is 19.9 Å². The molecule has 0 radical (unpaired) electrons. The third kappa shape index (κ3) is 4.07. The number of oxazole rings is 1. The van der Waals surface area contributed by atoms with Crippen LogP contribution in [0.3, 0.4) is 0 Å². The fourth-order valence-electron chi connectivity index (χ4n) is 5.90. The number of hydrogen-bond acceptors (Lipinski definition) is 8. The lowest BCUT2D eigenvalue weighted by atomic mass is 9.96. The number of likely N-dealkylation sites (N-methyl/N-ethyl adjacent to an activating group) is 1. The van der Waals surface area contributed by atoms with Crippen LogP contribution in [0.25, 0.3) is 33.3 Å². The van der Waals surface area contributed by atoms with Crippen molar-refractivity contribution in [2.24, 2.45) is 11.8 Å². The largest absolute Gasteiger partial charge is 0.436 e. The minimum atomic E-state index is 0.0267. The molecule has 6 heterocycles. The molecule has 3 saturated heterocycles. The molecule has 3 aliphatic heterocycles. The number of benzene rings is 1. The smallest absolute Gasteiger partial charge is 0.229 e. The molecular formula is C28H31N7O2. The summed E-state index contributed by atoms with van der Waals surface area (Å²) in [5.74, 6) is 2.59. The van der Waals surface area contributed by atoms with Gasteiger partial charge >= 0.3 is 0 Å². The summed E-state index contributed by atoms with van der Waals surface area (Å²) in [5.41, 5.74) is 3.54. The molecule has 9 nitrogen and oxygen atoms in total. The van der Waals surface area contributed by atoms with E-state index in [9.17, 15) is 4.79 Å². The lowest BCUT2D eigenvalue weighted by Crippen LogP contribution is -2.41. The summed E-state index contributed by atoms with van der Waals surface area (Å²) in [6, 6.07) is 8.81. The first-order valence-corrected chi connectivity index (χ1v) is 13.2. The molecule has 8 rings (SSSR count). The van der Waals surface area contributed by atoms with Crippen LogP contribution in [0.2, 0.25) is 0 Å². The number of pyridine rings is 2. The lowest BCUT2D eigenvalue weighted by molar-refractivity contribution is -0.117. The first-order valence-electron chi connectivity index (χ1n) is 13.2. The van der Waals surface area contributed by atoms with Crippen LogP contribution in [0.1, 0.15) is 25.7 Å². The van der Waals surface area contributed by atoms with Crippen LogP contribution < -0.4 is 15.5 Å². The van der Waals surface area contributed by atoms with Crippen LogP contribution in [0, 0.1) is 11.8 Å². The van der Waals surface area contributed by atoms with Crippen LogP contribution in [0.4, 0.5) is 17.3 Å². The molecule has 4 aliphatic rings. The van der Waals surface area contributed by atoms with Crippen LogP contribution in [0.5, 0.6) is 0 Å². The third-order valence-corrected chi connectivity index (χ3v) is 8.16. The molecular weight excluding hydrogens is 466 g/mol. The fraction of sp³-hybridized carbons (Fsp3) is 0.429. The average Bonchev–Trinajstić information content (AvgIpc) is 3.72. The van der Waals surface area contributed by atoms with Crippen molar-refractivity contribution in [1.29, 1.82) is 0 Å². The minimum absolute atomic E-state index is 0.0267. The molecule has 3 aromatic heterocycles. The molecule has 2 bridgehead atoms. The number of carbonyl (C=O) groups excluding carboxylic acids is 1. The Hall–Kier alpha value is -3.72. The molecule has 4 aromatic rings. The second-order valence-electron chi connectivity index (χ2n) is 10.8. The molecule has 1 aliphatic carbocycles. The first kappa shape index (κ1) is 22.5. The summed E-state index contributed by atoms with van der Waals surface area (Å²) in [6.07, 6.45) is 7.98. The first-order chi connectivity index (χ1) is 18.1. The van der Waals surface area contributed by atoms with E-state index in [0.29, 0.717) is 29.5 Å². The predicted molar refractivity (Wildman–Crippen MR) is 145 cm³/mol. The van der Waals surface area contributed by atoms with Crippen LogP contribution in [0.15, 0.2) is 41.1 Å². The predicted octanol–water partition coefficient (Wildman–Crippen LogP) is 4.36. The van der Waals surface area contributed by atoms with Crippen LogP contribution in [-0.4, -0.2) is 65.5 Å². The molecule has 2 unspecified atom stereocenters. The van der Waals surface area contributed by atoms with Gasteiger partial charge in [-0.2, -0.15) is 0 Å². The molecule has 190 valence electrons. The summed E-state index contributed by atoms with van der Waals surface area (Å²) >= 11 is 0. The molecule has 1 amide bonds. The van der Waals surface area contributed by atoms with Gasteiger partial charge in [-0.25, -0.2) is 15.0 Å². The Balaban J connectivity index is 1.26. The van der Waals surface area contributed by atoms with Crippen molar-refractivity contribution in [3.05, 3.63) is 36.7 Å². The van der Waals surface area contributed by atoms with E-state index in [1.807, 2.05) is 19.2 Å². The number of hydrogen-bond donors (Lipinski definition) is 2. The van der Waals surface area contributed by atoms with Gasteiger partial charge in [0, 0.05) is 67.5 Å². The van der Waals surface area contributed by atoms with Gasteiger partial charge in [-0.1, -0.05) is 0 Å². The van der Waals surface area contributed by atoms with Crippen molar-refractivity contribution in [2.75, 3.05) is 49.3 Å². The normalized spacial score (nSPS) is 21.9. The Morgan fingerprint density at radius 2 is 1.92 bits per heavy atom. The molecule has 1 aromatic carbocycles. The van der Waals surface area contributed by atoms with Gasteiger partial charge in [-0.15, -0.1) is 0 Å². The summed E-state index contributed by atoms with van der Waals surface area (Å²) in [6.45, 7) is 3.31. The molecule has 2 atom stereocenters. The van der Waals surface area contributed by atoms with E-state index in [2.05, 4.69) is 49.6 Å². The van der Waals surface area contributed by atoms with Crippen molar-refractivity contribution >= 4 is 45.1 Å². The number of nitrogens with one attached hydrogen (secondary N) is 2. The quantitative estimate of drug-likeness (QED) is 0.420. The fourth-order valence-corrected chi connectivity index (χ4v) is 5.90. The SMILES string of the molecule is CNc1ncc(-c2nc3cc(N4CC5CCC(C4)N(C)C5)ccc3o2)c2cc(NC(=O)C3CC3)ncc12. The second-order valence-corrected chi connectivity index (χ2v) is 10.8. The Bertz CT molecular complexity index is 1510. The number of aromatic nitrogens is 3. The van der Waals surface area contributed by atoms with Gasteiger partial charge < -0.3 is 24.9 Å². The van der Waals surface area contributed by atoms with E-state index < -0.39 is 0 Å². The monoisotopic (exact) mass is 497 g/mol. The van der Waals surface area contributed by atoms with Gasteiger partial charge in [0.15, 0.2) is 5.58 Å².